The molecule has 0 bridgehead atoms. The Morgan fingerprint density at radius 3 is 2.69 bits per heavy atom. The maximum absolute atomic E-state index is 13.6. The summed E-state index contributed by atoms with van der Waals surface area (Å²) in [5.74, 6) is -0.460. The molecule has 0 saturated carbocycles. The molecule has 2 nitrogen and oxygen atoms in total. The molecule has 0 radical (unpaired) electrons. The summed E-state index contributed by atoms with van der Waals surface area (Å²) in [7, 11) is 0. The lowest BCUT2D eigenvalue weighted by molar-refractivity contribution is 0.133. The first-order valence-electron chi connectivity index (χ1n) is 5.37. The van der Waals surface area contributed by atoms with Crippen molar-refractivity contribution in [2.24, 2.45) is 5.73 Å². The van der Waals surface area contributed by atoms with E-state index in [0.717, 1.165) is 12.0 Å². The highest BCUT2D eigenvalue weighted by Gasteiger charge is 2.22. The highest BCUT2D eigenvalue weighted by atomic mass is 35.5. The van der Waals surface area contributed by atoms with E-state index in [9.17, 15) is 9.50 Å². The van der Waals surface area contributed by atoms with Crippen LogP contribution in [0.5, 0.6) is 0 Å². The quantitative estimate of drug-likeness (QED) is 0.857. The van der Waals surface area contributed by atoms with Gasteiger partial charge in [-0.2, -0.15) is 0 Å². The van der Waals surface area contributed by atoms with Gasteiger partial charge in [0, 0.05) is 5.56 Å². The van der Waals surface area contributed by atoms with E-state index in [0.29, 0.717) is 11.4 Å². The minimum Gasteiger partial charge on any atom is -0.391 e. The second kappa shape index (κ2) is 5.62. The third-order valence-corrected chi connectivity index (χ3v) is 3.15. The molecule has 16 heavy (non-hydrogen) atoms. The molecule has 0 aromatic heterocycles. The molecular weight excluding hydrogens is 229 g/mol. The molecular formula is C12H17ClFNO. The topological polar surface area (TPSA) is 46.2 Å². The lowest BCUT2D eigenvalue weighted by Crippen LogP contribution is -2.27. The summed E-state index contributed by atoms with van der Waals surface area (Å²) in [5, 5.41) is 10.1. The Morgan fingerprint density at radius 1 is 1.50 bits per heavy atom. The molecule has 0 heterocycles. The molecule has 0 saturated heterocycles. The molecule has 0 aliphatic carbocycles. The molecule has 0 spiro atoms. The highest BCUT2D eigenvalue weighted by molar-refractivity contribution is 6.32. The maximum atomic E-state index is 13.6. The third kappa shape index (κ3) is 2.73. The lowest BCUT2D eigenvalue weighted by Gasteiger charge is -2.21. The van der Waals surface area contributed by atoms with Gasteiger partial charge in [0.25, 0.3) is 0 Å². The molecule has 1 aromatic rings. The van der Waals surface area contributed by atoms with Crippen molar-refractivity contribution in [2.75, 3.05) is 0 Å². The van der Waals surface area contributed by atoms with Crippen molar-refractivity contribution in [1.82, 2.24) is 0 Å². The first-order valence-corrected chi connectivity index (χ1v) is 5.75. The predicted octanol–water partition coefficient (Wildman–Crippen LogP) is 2.95. The summed E-state index contributed by atoms with van der Waals surface area (Å²) in [6, 6.07) is 2.15. The standard InChI is InChI=1S/C12H17ClFNO/c1-3-4-9(16)12(15)10-8(14)6-5-7(2)11(10)13/h5-6,9,12,16H,3-4,15H2,1-2H3/t9-,12-/m1/s1. The zero-order valence-corrected chi connectivity index (χ0v) is 10.3. The average Bonchev–Trinajstić information content (AvgIpc) is 2.24. The molecule has 3 N–H and O–H groups in total. The Morgan fingerprint density at radius 2 is 2.12 bits per heavy atom. The molecule has 0 aliphatic rings. The summed E-state index contributed by atoms with van der Waals surface area (Å²) in [6.45, 7) is 3.72. The smallest absolute Gasteiger partial charge is 0.129 e. The van der Waals surface area contributed by atoms with Gasteiger partial charge in [0.15, 0.2) is 0 Å². The number of halogens is 2. The maximum Gasteiger partial charge on any atom is 0.129 e. The third-order valence-electron chi connectivity index (χ3n) is 2.65. The summed E-state index contributed by atoms with van der Waals surface area (Å²) >= 11 is 6.01. The van der Waals surface area contributed by atoms with Gasteiger partial charge in [0.2, 0.25) is 0 Å². The molecule has 4 heteroatoms. The molecule has 90 valence electrons. The summed E-state index contributed by atoms with van der Waals surface area (Å²) < 4.78 is 13.6. The summed E-state index contributed by atoms with van der Waals surface area (Å²) in [4.78, 5) is 0. The van der Waals surface area contributed by atoms with Crippen LogP contribution in [-0.2, 0) is 0 Å². The van der Waals surface area contributed by atoms with Gasteiger partial charge < -0.3 is 10.8 Å². The Balaban J connectivity index is 3.07. The van der Waals surface area contributed by atoms with Crippen molar-refractivity contribution in [1.29, 1.82) is 0 Å². The van der Waals surface area contributed by atoms with Crippen LogP contribution in [-0.4, -0.2) is 11.2 Å². The Bertz CT molecular complexity index is 370. The van der Waals surface area contributed by atoms with Crippen LogP contribution >= 0.6 is 11.6 Å². The summed E-state index contributed by atoms with van der Waals surface area (Å²) in [5.41, 5.74) is 6.79. The van der Waals surface area contributed by atoms with Gasteiger partial charge >= 0.3 is 0 Å². The fourth-order valence-corrected chi connectivity index (χ4v) is 1.93. The Hall–Kier alpha value is -0.640. The van der Waals surface area contributed by atoms with Gasteiger partial charge in [0.05, 0.1) is 17.2 Å². The van der Waals surface area contributed by atoms with Gasteiger partial charge in [-0.15, -0.1) is 0 Å². The normalized spacial score (nSPS) is 14.9. The van der Waals surface area contributed by atoms with Crippen LogP contribution in [0.25, 0.3) is 0 Å². The zero-order valence-electron chi connectivity index (χ0n) is 9.50. The van der Waals surface area contributed by atoms with Crippen LogP contribution in [0, 0.1) is 12.7 Å². The number of hydrogen-bond acceptors (Lipinski definition) is 2. The van der Waals surface area contributed by atoms with Crippen LogP contribution in [0.4, 0.5) is 4.39 Å². The van der Waals surface area contributed by atoms with Gasteiger partial charge in [0.1, 0.15) is 5.82 Å². The predicted molar refractivity (Wildman–Crippen MR) is 64.0 cm³/mol. The molecule has 0 fully saturated rings. The number of aryl methyl sites for hydroxylation is 1. The van der Waals surface area contributed by atoms with Crippen LogP contribution in [0.15, 0.2) is 12.1 Å². The van der Waals surface area contributed by atoms with Crippen molar-refractivity contribution >= 4 is 11.6 Å². The molecule has 0 aliphatic heterocycles. The number of rotatable bonds is 4. The molecule has 0 unspecified atom stereocenters. The van der Waals surface area contributed by atoms with Crippen molar-refractivity contribution in [3.8, 4) is 0 Å². The van der Waals surface area contributed by atoms with Gasteiger partial charge in [-0.1, -0.05) is 31.0 Å². The monoisotopic (exact) mass is 245 g/mol. The van der Waals surface area contributed by atoms with Crippen molar-refractivity contribution < 1.29 is 9.50 Å². The lowest BCUT2D eigenvalue weighted by atomic mass is 9.97. The van der Waals surface area contributed by atoms with Crippen molar-refractivity contribution in [3.05, 3.63) is 34.1 Å². The number of hydrogen-bond donors (Lipinski definition) is 2. The van der Waals surface area contributed by atoms with E-state index in [1.165, 1.54) is 6.07 Å². The van der Waals surface area contributed by atoms with E-state index in [1.807, 2.05) is 6.92 Å². The first-order chi connectivity index (χ1) is 7.49. The Labute approximate surface area is 100 Å². The van der Waals surface area contributed by atoms with E-state index in [-0.39, 0.29) is 5.56 Å². The van der Waals surface area contributed by atoms with Gasteiger partial charge in [-0.05, 0) is 25.0 Å². The number of aliphatic hydroxyl groups excluding tert-OH is 1. The van der Waals surface area contributed by atoms with Crippen LogP contribution < -0.4 is 5.73 Å². The van der Waals surface area contributed by atoms with E-state index in [4.69, 9.17) is 17.3 Å². The number of aliphatic hydroxyl groups is 1. The largest absolute Gasteiger partial charge is 0.391 e. The molecule has 1 aromatic carbocycles. The average molecular weight is 246 g/mol. The minimum atomic E-state index is -0.771. The summed E-state index contributed by atoms with van der Waals surface area (Å²) in [6.07, 6.45) is 0.559. The fourth-order valence-electron chi connectivity index (χ4n) is 1.65. The van der Waals surface area contributed by atoms with E-state index < -0.39 is 18.0 Å². The van der Waals surface area contributed by atoms with Crippen molar-refractivity contribution in [2.45, 2.75) is 38.8 Å². The fraction of sp³-hybridized carbons (Fsp3) is 0.500. The van der Waals surface area contributed by atoms with Crippen LogP contribution in [0.3, 0.4) is 0 Å². The molecule has 1 rings (SSSR count). The number of benzene rings is 1. The van der Waals surface area contributed by atoms with E-state index in [1.54, 1.807) is 13.0 Å². The molecule has 2 atom stereocenters. The van der Waals surface area contributed by atoms with E-state index >= 15 is 0 Å². The SMILES string of the molecule is CCC[C@@H](O)[C@@H](N)c1c(F)ccc(C)c1Cl. The van der Waals surface area contributed by atoms with Gasteiger partial charge in [-0.3, -0.25) is 0 Å². The van der Waals surface area contributed by atoms with Crippen molar-refractivity contribution in [3.63, 3.8) is 0 Å². The van der Waals surface area contributed by atoms with Crippen LogP contribution in [0.2, 0.25) is 5.02 Å². The second-order valence-electron chi connectivity index (χ2n) is 3.97. The highest BCUT2D eigenvalue weighted by Crippen LogP contribution is 2.30. The van der Waals surface area contributed by atoms with E-state index in [2.05, 4.69) is 0 Å². The van der Waals surface area contributed by atoms with Gasteiger partial charge in [-0.25, -0.2) is 4.39 Å². The first kappa shape index (κ1) is 13.4. The second-order valence-corrected chi connectivity index (χ2v) is 4.35. The number of nitrogens with two attached hydrogens (primary N) is 1. The minimum absolute atomic E-state index is 0.211. The molecule has 0 amide bonds. The van der Waals surface area contributed by atoms with Crippen LogP contribution in [0.1, 0.15) is 36.9 Å². The zero-order chi connectivity index (χ0) is 12.3. The Kier molecular flexibility index (Phi) is 4.71.